The summed E-state index contributed by atoms with van der Waals surface area (Å²) in [6, 6.07) is 5.18. The molecule has 0 aromatic heterocycles. The van der Waals surface area contributed by atoms with Crippen molar-refractivity contribution in [1.29, 1.82) is 0 Å². The number of likely N-dealkylation sites (N-methyl/N-ethyl adjacent to an activating group) is 1. The van der Waals surface area contributed by atoms with Gasteiger partial charge < -0.3 is 4.90 Å². The van der Waals surface area contributed by atoms with Crippen LogP contribution in [0, 0.1) is 11.7 Å². The fraction of sp³-hybridized carbons (Fsp3) is 0.500. The van der Waals surface area contributed by atoms with E-state index in [1.54, 1.807) is 6.07 Å². The molecule has 1 aliphatic carbocycles. The molecule has 2 fully saturated rings. The predicted molar refractivity (Wildman–Crippen MR) is 58.7 cm³/mol. The number of hydrogen-bond acceptors (Lipinski definition) is 1. The van der Waals surface area contributed by atoms with Crippen molar-refractivity contribution in [3.8, 4) is 0 Å². The van der Waals surface area contributed by atoms with E-state index < -0.39 is 0 Å². The molecule has 1 saturated carbocycles. The maximum Gasteiger partial charge on any atom is 0.141 e. The maximum atomic E-state index is 13.1. The van der Waals surface area contributed by atoms with Gasteiger partial charge in [-0.3, -0.25) is 0 Å². The minimum absolute atomic E-state index is 0.252. The number of likely N-dealkylation sites (tertiary alicyclic amines) is 1. The van der Waals surface area contributed by atoms with E-state index in [4.69, 9.17) is 11.6 Å². The molecule has 1 nitrogen and oxygen atoms in total. The molecule has 1 aromatic rings. The van der Waals surface area contributed by atoms with E-state index >= 15 is 0 Å². The third-order valence-corrected chi connectivity index (χ3v) is 4.10. The Kier molecular flexibility index (Phi) is 1.89. The Morgan fingerprint density at radius 1 is 1.53 bits per heavy atom. The highest BCUT2D eigenvalue weighted by molar-refractivity contribution is 6.30. The molecule has 2 aliphatic rings. The quantitative estimate of drug-likeness (QED) is 0.711. The van der Waals surface area contributed by atoms with Crippen LogP contribution in [-0.4, -0.2) is 25.0 Å². The fourth-order valence-electron chi connectivity index (χ4n) is 2.99. The Morgan fingerprint density at radius 2 is 2.33 bits per heavy atom. The standard InChI is InChI=1S/C12H13ClFN/c1-15-6-9-5-12(9,7-15)8-2-3-11(14)10(13)4-8/h2-4,9H,5-7H2,1H3. The van der Waals surface area contributed by atoms with Crippen molar-refractivity contribution < 1.29 is 4.39 Å². The molecule has 80 valence electrons. The Labute approximate surface area is 93.8 Å². The molecule has 1 aromatic carbocycles. The van der Waals surface area contributed by atoms with Crippen LogP contribution in [0.1, 0.15) is 12.0 Å². The smallest absolute Gasteiger partial charge is 0.141 e. The van der Waals surface area contributed by atoms with Crippen molar-refractivity contribution in [2.75, 3.05) is 20.1 Å². The lowest BCUT2D eigenvalue weighted by atomic mass is 9.95. The van der Waals surface area contributed by atoms with Crippen molar-refractivity contribution >= 4 is 11.6 Å². The van der Waals surface area contributed by atoms with E-state index in [0.29, 0.717) is 0 Å². The van der Waals surface area contributed by atoms with Crippen LogP contribution in [0.15, 0.2) is 18.2 Å². The maximum absolute atomic E-state index is 13.1. The number of hydrogen-bond donors (Lipinski definition) is 0. The molecule has 15 heavy (non-hydrogen) atoms. The Morgan fingerprint density at radius 3 is 2.93 bits per heavy atom. The zero-order valence-electron chi connectivity index (χ0n) is 8.63. The van der Waals surface area contributed by atoms with Gasteiger partial charge >= 0.3 is 0 Å². The first-order valence-corrected chi connectivity index (χ1v) is 5.64. The highest BCUT2D eigenvalue weighted by Crippen LogP contribution is 2.58. The van der Waals surface area contributed by atoms with E-state index in [2.05, 4.69) is 11.9 Å². The molecule has 3 heteroatoms. The molecular formula is C12H13ClFN. The van der Waals surface area contributed by atoms with Crippen molar-refractivity contribution in [3.05, 3.63) is 34.6 Å². The highest BCUT2D eigenvalue weighted by atomic mass is 35.5. The minimum Gasteiger partial charge on any atom is -0.305 e. The van der Waals surface area contributed by atoms with Crippen molar-refractivity contribution in [1.82, 2.24) is 4.90 Å². The molecule has 0 amide bonds. The van der Waals surface area contributed by atoms with E-state index in [1.807, 2.05) is 6.07 Å². The summed E-state index contributed by atoms with van der Waals surface area (Å²) in [4.78, 5) is 2.34. The van der Waals surface area contributed by atoms with Gasteiger partial charge in [0, 0.05) is 18.5 Å². The molecule has 1 saturated heterocycles. The van der Waals surface area contributed by atoms with Crippen molar-refractivity contribution in [2.24, 2.45) is 5.92 Å². The van der Waals surface area contributed by atoms with Gasteiger partial charge in [0.25, 0.3) is 0 Å². The van der Waals surface area contributed by atoms with Crippen LogP contribution >= 0.6 is 11.6 Å². The Hall–Kier alpha value is -0.600. The number of piperidine rings is 1. The van der Waals surface area contributed by atoms with Gasteiger partial charge in [-0.2, -0.15) is 0 Å². The summed E-state index contributed by atoms with van der Waals surface area (Å²) in [6.07, 6.45) is 1.24. The summed E-state index contributed by atoms with van der Waals surface area (Å²) < 4.78 is 13.1. The zero-order chi connectivity index (χ0) is 10.6. The van der Waals surface area contributed by atoms with Crippen LogP contribution in [0.4, 0.5) is 4.39 Å². The average molecular weight is 226 g/mol. The van der Waals surface area contributed by atoms with Crippen molar-refractivity contribution in [3.63, 3.8) is 0 Å². The molecule has 0 N–H and O–H groups in total. The lowest BCUT2D eigenvalue weighted by Crippen LogP contribution is -2.22. The second-order valence-electron chi connectivity index (χ2n) is 4.88. The largest absolute Gasteiger partial charge is 0.305 e. The zero-order valence-corrected chi connectivity index (χ0v) is 9.39. The lowest BCUT2D eigenvalue weighted by molar-refractivity contribution is 0.363. The van der Waals surface area contributed by atoms with Gasteiger partial charge in [-0.15, -0.1) is 0 Å². The summed E-state index contributed by atoms with van der Waals surface area (Å²) in [5, 5.41) is 0.252. The molecule has 0 spiro atoms. The summed E-state index contributed by atoms with van der Waals surface area (Å²) in [5.41, 5.74) is 1.50. The van der Waals surface area contributed by atoms with Crippen LogP contribution < -0.4 is 0 Å². The second-order valence-corrected chi connectivity index (χ2v) is 5.29. The van der Waals surface area contributed by atoms with Gasteiger partial charge in [-0.05, 0) is 37.1 Å². The number of rotatable bonds is 1. The van der Waals surface area contributed by atoms with E-state index in [1.165, 1.54) is 18.1 Å². The van der Waals surface area contributed by atoms with Gasteiger partial charge in [0.1, 0.15) is 5.82 Å². The first-order valence-electron chi connectivity index (χ1n) is 5.26. The number of benzene rings is 1. The monoisotopic (exact) mass is 225 g/mol. The minimum atomic E-state index is -0.319. The van der Waals surface area contributed by atoms with Gasteiger partial charge in [-0.25, -0.2) is 4.39 Å². The third kappa shape index (κ3) is 1.31. The van der Waals surface area contributed by atoms with Crippen LogP contribution in [0.3, 0.4) is 0 Å². The summed E-state index contributed by atoms with van der Waals surface area (Å²) in [6.45, 7) is 2.24. The van der Waals surface area contributed by atoms with Gasteiger partial charge in [0.15, 0.2) is 0 Å². The molecular weight excluding hydrogens is 213 g/mol. The Balaban J connectivity index is 1.97. The molecule has 1 aliphatic heterocycles. The average Bonchev–Trinajstić information content (AvgIpc) is 2.75. The summed E-state index contributed by atoms with van der Waals surface area (Å²) >= 11 is 5.82. The van der Waals surface area contributed by atoms with Crippen LogP contribution in [0.2, 0.25) is 5.02 Å². The number of halogens is 2. The van der Waals surface area contributed by atoms with E-state index in [0.717, 1.165) is 19.0 Å². The number of nitrogens with zero attached hydrogens (tertiary/aromatic N) is 1. The third-order valence-electron chi connectivity index (χ3n) is 3.81. The topological polar surface area (TPSA) is 3.24 Å². The van der Waals surface area contributed by atoms with E-state index in [-0.39, 0.29) is 16.3 Å². The SMILES string of the molecule is CN1CC2CC2(c2ccc(F)c(Cl)c2)C1. The summed E-state index contributed by atoms with van der Waals surface area (Å²) in [7, 11) is 2.14. The molecule has 3 rings (SSSR count). The lowest BCUT2D eigenvalue weighted by Gasteiger charge is -2.16. The number of fused-ring (bicyclic) bond motifs is 1. The van der Waals surface area contributed by atoms with Crippen LogP contribution in [0.25, 0.3) is 0 Å². The molecule has 2 atom stereocenters. The second kappa shape index (κ2) is 2.96. The fourth-order valence-corrected chi connectivity index (χ4v) is 3.17. The van der Waals surface area contributed by atoms with Gasteiger partial charge in [0.05, 0.1) is 5.02 Å². The molecule has 1 heterocycles. The summed E-state index contributed by atoms with van der Waals surface area (Å²) in [5.74, 6) is 0.435. The first-order chi connectivity index (χ1) is 7.12. The Bertz CT molecular complexity index is 420. The molecule has 2 unspecified atom stereocenters. The van der Waals surface area contributed by atoms with Gasteiger partial charge in [-0.1, -0.05) is 17.7 Å². The molecule has 0 bridgehead atoms. The normalized spacial score (nSPS) is 34.2. The highest BCUT2D eigenvalue weighted by Gasteiger charge is 2.59. The first kappa shape index (κ1) is 9.61. The van der Waals surface area contributed by atoms with Crippen LogP contribution in [-0.2, 0) is 5.41 Å². The predicted octanol–water partition coefficient (Wildman–Crippen LogP) is 2.68. The van der Waals surface area contributed by atoms with Gasteiger partial charge in [0.2, 0.25) is 0 Å². The molecule has 0 radical (unpaired) electrons. The van der Waals surface area contributed by atoms with Crippen molar-refractivity contribution in [2.45, 2.75) is 11.8 Å². The van der Waals surface area contributed by atoms with E-state index in [9.17, 15) is 4.39 Å². The van der Waals surface area contributed by atoms with Crippen LogP contribution in [0.5, 0.6) is 0 Å².